The van der Waals surface area contributed by atoms with Crippen molar-refractivity contribution in [3.63, 3.8) is 0 Å². The van der Waals surface area contributed by atoms with Crippen LogP contribution >= 0.6 is 24.0 Å². The minimum absolute atomic E-state index is 0. The first-order valence-electron chi connectivity index (χ1n) is 9.19. The molecule has 0 spiro atoms. The molecule has 2 heterocycles. The molecular formula is C20H21F4IN6. The van der Waals surface area contributed by atoms with Gasteiger partial charge < -0.3 is 10.6 Å². The Hall–Kier alpha value is -2.70. The molecule has 166 valence electrons. The summed E-state index contributed by atoms with van der Waals surface area (Å²) in [6.07, 6.45) is 0.400. The molecule has 1 aromatic carbocycles. The Morgan fingerprint density at radius 2 is 1.94 bits per heavy atom. The summed E-state index contributed by atoms with van der Waals surface area (Å²) in [4.78, 5) is 8.66. The van der Waals surface area contributed by atoms with Crippen LogP contribution in [0.15, 0.2) is 60.0 Å². The summed E-state index contributed by atoms with van der Waals surface area (Å²) in [5.41, 5.74) is -0.228. The summed E-state index contributed by atoms with van der Waals surface area (Å²) in [5.74, 6) is 0.0384. The number of alkyl halides is 3. The van der Waals surface area contributed by atoms with Gasteiger partial charge in [0.2, 0.25) is 0 Å². The van der Waals surface area contributed by atoms with E-state index in [9.17, 15) is 17.6 Å². The van der Waals surface area contributed by atoms with E-state index in [0.29, 0.717) is 24.4 Å². The second-order valence-corrected chi connectivity index (χ2v) is 6.32. The third-order valence-electron chi connectivity index (χ3n) is 4.14. The van der Waals surface area contributed by atoms with Crippen molar-refractivity contribution >= 4 is 29.9 Å². The van der Waals surface area contributed by atoms with Crippen molar-refractivity contribution in [1.29, 1.82) is 0 Å². The van der Waals surface area contributed by atoms with Crippen LogP contribution in [0.4, 0.5) is 17.6 Å². The number of hydrogen-bond donors (Lipinski definition) is 2. The van der Waals surface area contributed by atoms with Gasteiger partial charge in [-0.15, -0.1) is 24.0 Å². The summed E-state index contributed by atoms with van der Waals surface area (Å²) in [6, 6.07) is 8.01. The summed E-state index contributed by atoms with van der Waals surface area (Å²) >= 11 is 0. The number of halogens is 5. The number of aromatic nitrogens is 3. The molecule has 3 aromatic rings. The highest BCUT2D eigenvalue weighted by atomic mass is 127. The predicted octanol–water partition coefficient (Wildman–Crippen LogP) is 4.30. The molecule has 0 unspecified atom stereocenters. The van der Waals surface area contributed by atoms with E-state index in [-0.39, 0.29) is 42.6 Å². The maximum Gasteiger partial charge on any atom is 0.416 e. The Kier molecular flexibility index (Phi) is 8.77. The van der Waals surface area contributed by atoms with Gasteiger partial charge in [0, 0.05) is 31.7 Å². The van der Waals surface area contributed by atoms with Crippen molar-refractivity contribution in [1.82, 2.24) is 25.4 Å². The van der Waals surface area contributed by atoms with Crippen LogP contribution in [-0.2, 0) is 19.3 Å². The van der Waals surface area contributed by atoms with Crippen LogP contribution in [0.2, 0.25) is 0 Å². The number of aliphatic imine (C=N–C) groups is 1. The molecule has 0 aliphatic rings. The van der Waals surface area contributed by atoms with Crippen molar-refractivity contribution in [2.24, 2.45) is 4.99 Å². The Morgan fingerprint density at radius 3 is 2.61 bits per heavy atom. The molecule has 0 fully saturated rings. The molecule has 6 nitrogen and oxygen atoms in total. The molecule has 31 heavy (non-hydrogen) atoms. The Balaban J connectivity index is 0.00000341. The molecule has 2 aromatic heterocycles. The lowest BCUT2D eigenvalue weighted by Gasteiger charge is -2.16. The van der Waals surface area contributed by atoms with Crippen molar-refractivity contribution in [2.45, 2.75) is 26.2 Å². The number of guanidine groups is 1. The van der Waals surface area contributed by atoms with E-state index in [1.54, 1.807) is 35.4 Å². The molecule has 2 N–H and O–H groups in total. The molecule has 0 bridgehead atoms. The highest BCUT2D eigenvalue weighted by Crippen LogP contribution is 2.32. The Bertz CT molecular complexity index is 1010. The van der Waals surface area contributed by atoms with Gasteiger partial charge in [0.15, 0.2) is 11.8 Å². The monoisotopic (exact) mass is 548 g/mol. The largest absolute Gasteiger partial charge is 0.416 e. The first-order valence-corrected chi connectivity index (χ1v) is 9.19. The predicted molar refractivity (Wildman–Crippen MR) is 120 cm³/mol. The van der Waals surface area contributed by atoms with Gasteiger partial charge in [-0.25, -0.2) is 19.0 Å². The van der Waals surface area contributed by atoms with Crippen LogP contribution in [0.1, 0.15) is 23.6 Å². The van der Waals surface area contributed by atoms with Crippen LogP contribution in [-0.4, -0.2) is 27.3 Å². The van der Waals surface area contributed by atoms with E-state index >= 15 is 0 Å². The summed E-state index contributed by atoms with van der Waals surface area (Å²) in [5, 5.41) is 9.97. The van der Waals surface area contributed by atoms with Gasteiger partial charge in [-0.05, 0) is 48.4 Å². The maximum atomic E-state index is 13.3. The zero-order chi connectivity index (χ0) is 21.6. The summed E-state index contributed by atoms with van der Waals surface area (Å²) in [7, 11) is 0. The van der Waals surface area contributed by atoms with Crippen LogP contribution in [0.5, 0.6) is 0 Å². The van der Waals surface area contributed by atoms with Crippen molar-refractivity contribution in [3.8, 4) is 5.82 Å². The maximum absolute atomic E-state index is 13.3. The van der Waals surface area contributed by atoms with E-state index in [1.807, 2.05) is 13.0 Å². The lowest BCUT2D eigenvalue weighted by atomic mass is 10.1. The Labute approximate surface area is 193 Å². The average Bonchev–Trinajstić information content (AvgIpc) is 3.25. The number of hydrogen-bond acceptors (Lipinski definition) is 3. The molecule has 0 aliphatic heterocycles. The van der Waals surface area contributed by atoms with Gasteiger partial charge in [-0.2, -0.15) is 18.3 Å². The SMILES string of the molecule is CCNC(=NCc1ccnc(-n2cccn2)c1)NCc1ccc(F)cc1C(F)(F)F.I. The summed E-state index contributed by atoms with van der Waals surface area (Å²) in [6.45, 7) is 2.49. The number of rotatable bonds is 6. The van der Waals surface area contributed by atoms with Crippen LogP contribution in [0.3, 0.4) is 0 Å². The number of benzene rings is 1. The smallest absolute Gasteiger partial charge is 0.357 e. The Morgan fingerprint density at radius 1 is 1.13 bits per heavy atom. The van der Waals surface area contributed by atoms with E-state index in [1.165, 1.54) is 0 Å². The number of pyridine rings is 1. The van der Waals surface area contributed by atoms with Gasteiger partial charge in [0.1, 0.15) is 5.82 Å². The van der Waals surface area contributed by atoms with E-state index < -0.39 is 17.6 Å². The minimum Gasteiger partial charge on any atom is -0.357 e. The third kappa shape index (κ3) is 6.91. The lowest BCUT2D eigenvalue weighted by molar-refractivity contribution is -0.138. The van der Waals surface area contributed by atoms with Crippen LogP contribution < -0.4 is 10.6 Å². The lowest BCUT2D eigenvalue weighted by Crippen LogP contribution is -2.37. The summed E-state index contributed by atoms with van der Waals surface area (Å²) < 4.78 is 54.4. The van der Waals surface area contributed by atoms with Gasteiger partial charge in [0.25, 0.3) is 0 Å². The van der Waals surface area contributed by atoms with Gasteiger partial charge in [-0.3, -0.25) is 0 Å². The zero-order valence-electron chi connectivity index (χ0n) is 16.5. The number of nitrogens with one attached hydrogen (secondary N) is 2. The fraction of sp³-hybridized carbons (Fsp3) is 0.250. The topological polar surface area (TPSA) is 67.1 Å². The van der Waals surface area contributed by atoms with Crippen molar-refractivity contribution < 1.29 is 17.6 Å². The second-order valence-electron chi connectivity index (χ2n) is 6.32. The molecular weight excluding hydrogens is 527 g/mol. The quantitative estimate of drug-likeness (QED) is 0.209. The molecule has 0 radical (unpaired) electrons. The molecule has 0 saturated carbocycles. The molecule has 0 amide bonds. The fourth-order valence-electron chi connectivity index (χ4n) is 2.75. The van der Waals surface area contributed by atoms with Crippen LogP contribution in [0, 0.1) is 5.82 Å². The minimum atomic E-state index is -4.64. The zero-order valence-corrected chi connectivity index (χ0v) is 18.9. The molecule has 3 rings (SSSR count). The highest BCUT2D eigenvalue weighted by Gasteiger charge is 2.33. The molecule has 0 aliphatic carbocycles. The third-order valence-corrected chi connectivity index (χ3v) is 4.14. The molecule has 11 heteroatoms. The van der Waals surface area contributed by atoms with E-state index in [2.05, 4.69) is 25.7 Å². The highest BCUT2D eigenvalue weighted by molar-refractivity contribution is 14.0. The molecule has 0 saturated heterocycles. The van der Waals surface area contributed by atoms with E-state index in [0.717, 1.165) is 17.7 Å². The fourth-order valence-corrected chi connectivity index (χ4v) is 2.75. The van der Waals surface area contributed by atoms with Crippen molar-refractivity contribution in [3.05, 3.63) is 77.5 Å². The first kappa shape index (κ1) is 24.6. The first-order chi connectivity index (χ1) is 14.4. The van der Waals surface area contributed by atoms with Crippen molar-refractivity contribution in [2.75, 3.05) is 6.54 Å². The van der Waals surface area contributed by atoms with E-state index in [4.69, 9.17) is 0 Å². The molecule has 0 atom stereocenters. The standard InChI is InChI=1S/C20H20F4N6.HI/c1-2-25-19(28-13-15-4-5-16(21)11-17(15)20(22,23)24)27-12-14-6-8-26-18(10-14)30-9-3-7-29-30;/h3-11H,2,12-13H2,1H3,(H2,25,27,28);1H. The van der Waals surface area contributed by atoms with Gasteiger partial charge in [-0.1, -0.05) is 6.07 Å². The van der Waals surface area contributed by atoms with Gasteiger partial charge >= 0.3 is 6.18 Å². The van der Waals surface area contributed by atoms with Crippen LogP contribution in [0.25, 0.3) is 5.82 Å². The van der Waals surface area contributed by atoms with Gasteiger partial charge in [0.05, 0.1) is 12.1 Å². The normalized spacial score (nSPS) is 11.7. The number of nitrogens with zero attached hydrogens (tertiary/aromatic N) is 4. The average molecular weight is 548 g/mol. The second kappa shape index (κ2) is 11.1.